The van der Waals surface area contributed by atoms with E-state index in [0.717, 1.165) is 23.3 Å². The predicted molar refractivity (Wildman–Crippen MR) is 102 cm³/mol. The molecule has 0 spiro atoms. The maximum Gasteiger partial charge on any atom is 0.306 e. The van der Waals surface area contributed by atoms with Crippen molar-refractivity contribution in [2.24, 2.45) is 0 Å². The Balaban J connectivity index is 1.95. The summed E-state index contributed by atoms with van der Waals surface area (Å²) in [6.07, 6.45) is 0. The number of thioether (sulfide) groups is 1. The van der Waals surface area contributed by atoms with Crippen LogP contribution in [0.5, 0.6) is 11.5 Å². The molecule has 0 aliphatic carbocycles. The first-order chi connectivity index (χ1) is 12.8. The molecule has 0 atom stereocenters. The lowest BCUT2D eigenvalue weighted by Crippen LogP contribution is -2.14. The Hall–Kier alpha value is -2.81. The third-order valence-electron chi connectivity index (χ3n) is 3.76. The number of halogens is 1. The van der Waals surface area contributed by atoms with Crippen LogP contribution in [0.1, 0.15) is 11.1 Å². The highest BCUT2D eigenvalue weighted by Gasteiger charge is 2.15. The molecule has 0 unspecified atom stereocenters. The van der Waals surface area contributed by atoms with Crippen molar-refractivity contribution in [2.45, 2.75) is 12.7 Å². The van der Waals surface area contributed by atoms with Crippen molar-refractivity contribution in [3.8, 4) is 11.5 Å². The maximum absolute atomic E-state index is 13.3. The second-order valence-corrected chi connectivity index (χ2v) is 6.58. The minimum absolute atomic E-state index is 0.138. The number of nitro groups is 1. The molecule has 2 aromatic rings. The summed E-state index contributed by atoms with van der Waals surface area (Å²) in [6.45, 7) is 1.94. The number of methoxy groups -OCH3 is 2. The molecule has 7 nitrogen and oxygen atoms in total. The van der Waals surface area contributed by atoms with Gasteiger partial charge in [-0.1, -0.05) is 0 Å². The van der Waals surface area contributed by atoms with Gasteiger partial charge < -0.3 is 14.8 Å². The van der Waals surface area contributed by atoms with Crippen molar-refractivity contribution in [2.75, 3.05) is 25.3 Å². The summed E-state index contributed by atoms with van der Waals surface area (Å²) in [5.41, 5.74) is 1.51. The number of ether oxygens (including phenoxy) is 2. The fourth-order valence-corrected chi connectivity index (χ4v) is 3.25. The van der Waals surface area contributed by atoms with Gasteiger partial charge >= 0.3 is 5.69 Å². The van der Waals surface area contributed by atoms with Crippen LogP contribution in [0.2, 0.25) is 0 Å². The van der Waals surface area contributed by atoms with E-state index in [2.05, 4.69) is 5.32 Å². The Morgan fingerprint density at radius 2 is 1.89 bits per heavy atom. The summed E-state index contributed by atoms with van der Waals surface area (Å²) < 4.78 is 23.8. The quantitative estimate of drug-likeness (QED) is 0.539. The third kappa shape index (κ3) is 5.33. The van der Waals surface area contributed by atoms with Gasteiger partial charge in [0, 0.05) is 17.5 Å². The van der Waals surface area contributed by atoms with Gasteiger partial charge in [-0.15, -0.1) is 11.8 Å². The van der Waals surface area contributed by atoms with Crippen LogP contribution < -0.4 is 14.8 Å². The average molecular weight is 394 g/mol. The van der Waals surface area contributed by atoms with Crippen molar-refractivity contribution < 1.29 is 23.6 Å². The van der Waals surface area contributed by atoms with Gasteiger partial charge in [-0.2, -0.15) is 4.39 Å². The highest BCUT2D eigenvalue weighted by atomic mass is 32.2. The minimum Gasteiger partial charge on any atom is -0.493 e. The van der Waals surface area contributed by atoms with Crippen molar-refractivity contribution in [3.63, 3.8) is 0 Å². The van der Waals surface area contributed by atoms with E-state index in [-0.39, 0.29) is 17.3 Å². The Labute approximate surface area is 160 Å². The zero-order valence-electron chi connectivity index (χ0n) is 15.1. The molecular weight excluding hydrogens is 375 g/mol. The molecule has 1 N–H and O–H groups in total. The summed E-state index contributed by atoms with van der Waals surface area (Å²) in [5, 5.41) is 13.3. The molecule has 0 saturated carbocycles. The standard InChI is InChI=1S/C18H19FN2O5S/c1-11-6-16(25-2)17(26-3)7-12(11)9-27-10-18(22)20-13-4-5-14(19)15(8-13)21(23)24/h4-8H,9-10H2,1-3H3,(H,20,22). The molecule has 27 heavy (non-hydrogen) atoms. The molecule has 9 heteroatoms. The highest BCUT2D eigenvalue weighted by molar-refractivity contribution is 7.99. The molecule has 0 fully saturated rings. The lowest BCUT2D eigenvalue weighted by atomic mass is 10.1. The number of carbonyl (C=O) groups excluding carboxylic acids is 1. The topological polar surface area (TPSA) is 90.7 Å². The van der Waals surface area contributed by atoms with Crippen LogP contribution >= 0.6 is 11.8 Å². The van der Waals surface area contributed by atoms with Crippen molar-refractivity contribution in [1.82, 2.24) is 0 Å². The number of carbonyl (C=O) groups is 1. The summed E-state index contributed by atoms with van der Waals surface area (Å²) in [4.78, 5) is 22.0. The molecule has 0 aromatic heterocycles. The zero-order chi connectivity index (χ0) is 20.0. The van der Waals surface area contributed by atoms with E-state index in [1.807, 2.05) is 19.1 Å². The third-order valence-corrected chi connectivity index (χ3v) is 4.74. The summed E-state index contributed by atoms with van der Waals surface area (Å²) in [5.74, 6) is 0.679. The number of aryl methyl sites for hydroxylation is 1. The smallest absolute Gasteiger partial charge is 0.306 e. The summed E-state index contributed by atoms with van der Waals surface area (Å²) in [6, 6.07) is 6.96. The first-order valence-corrected chi connectivity index (χ1v) is 9.04. The number of nitro benzene ring substituents is 1. The molecule has 0 radical (unpaired) electrons. The SMILES string of the molecule is COc1cc(C)c(CSCC(=O)Nc2ccc(F)c([N+](=O)[O-])c2)cc1OC. The van der Waals surface area contributed by atoms with E-state index in [1.165, 1.54) is 17.8 Å². The van der Waals surface area contributed by atoms with E-state index in [1.54, 1.807) is 14.2 Å². The van der Waals surface area contributed by atoms with Crippen molar-refractivity contribution in [3.05, 3.63) is 57.4 Å². The first-order valence-electron chi connectivity index (χ1n) is 7.88. The Bertz CT molecular complexity index is 860. The molecule has 0 saturated heterocycles. The van der Waals surface area contributed by atoms with Crippen molar-refractivity contribution >= 4 is 29.0 Å². The monoisotopic (exact) mass is 394 g/mol. The van der Waals surface area contributed by atoms with Crippen LogP contribution in [0.3, 0.4) is 0 Å². The number of hydrogen-bond acceptors (Lipinski definition) is 6. The number of amides is 1. The maximum atomic E-state index is 13.3. The molecule has 0 aliphatic heterocycles. The van der Waals surface area contributed by atoms with Gasteiger partial charge in [0.05, 0.1) is 24.9 Å². The molecule has 1 amide bonds. The van der Waals surface area contributed by atoms with Crippen molar-refractivity contribution in [1.29, 1.82) is 0 Å². The van der Waals surface area contributed by atoms with Gasteiger partial charge in [0.2, 0.25) is 11.7 Å². The summed E-state index contributed by atoms with van der Waals surface area (Å²) in [7, 11) is 3.12. The largest absolute Gasteiger partial charge is 0.493 e. The van der Waals surface area contributed by atoms with Gasteiger partial charge in [0.1, 0.15) is 0 Å². The number of nitrogens with one attached hydrogen (secondary N) is 1. The number of benzene rings is 2. The number of hydrogen-bond donors (Lipinski definition) is 1. The highest BCUT2D eigenvalue weighted by Crippen LogP contribution is 2.32. The van der Waals surface area contributed by atoms with Crippen LogP contribution in [0, 0.1) is 22.9 Å². The second kappa shape index (κ2) is 9.22. The Kier molecular flexibility index (Phi) is 7.00. The molecular formula is C18H19FN2O5S. The van der Waals surface area contributed by atoms with Gasteiger partial charge in [-0.25, -0.2) is 0 Å². The van der Waals surface area contributed by atoms with E-state index >= 15 is 0 Å². The van der Waals surface area contributed by atoms with Crippen LogP contribution in [0.15, 0.2) is 30.3 Å². The van der Waals surface area contributed by atoms with E-state index in [9.17, 15) is 19.3 Å². The molecule has 0 aliphatic rings. The van der Waals surface area contributed by atoms with E-state index in [0.29, 0.717) is 17.3 Å². The van der Waals surface area contributed by atoms with Crippen LogP contribution in [0.25, 0.3) is 0 Å². The predicted octanol–water partition coefficient (Wildman–Crippen LogP) is 3.93. The molecule has 0 heterocycles. The average Bonchev–Trinajstić information content (AvgIpc) is 2.64. The fourth-order valence-electron chi connectivity index (χ4n) is 2.36. The second-order valence-electron chi connectivity index (χ2n) is 5.60. The van der Waals surface area contributed by atoms with Crippen LogP contribution in [-0.4, -0.2) is 30.8 Å². The zero-order valence-corrected chi connectivity index (χ0v) is 15.9. The molecule has 2 aromatic carbocycles. The van der Waals surface area contributed by atoms with Crippen LogP contribution in [0.4, 0.5) is 15.8 Å². The lowest BCUT2D eigenvalue weighted by Gasteiger charge is -2.12. The first kappa shape index (κ1) is 20.5. The molecule has 2 rings (SSSR count). The van der Waals surface area contributed by atoms with Gasteiger partial charge in [-0.05, 0) is 42.3 Å². The normalized spacial score (nSPS) is 10.4. The molecule has 0 bridgehead atoms. The Morgan fingerprint density at radius 3 is 2.52 bits per heavy atom. The van der Waals surface area contributed by atoms with Gasteiger partial charge in [0.25, 0.3) is 0 Å². The van der Waals surface area contributed by atoms with E-state index < -0.39 is 16.4 Å². The summed E-state index contributed by atoms with van der Waals surface area (Å²) >= 11 is 1.38. The fraction of sp³-hybridized carbons (Fsp3) is 0.278. The molecule has 144 valence electrons. The number of rotatable bonds is 8. The lowest BCUT2D eigenvalue weighted by molar-refractivity contribution is -0.387. The minimum atomic E-state index is -0.948. The number of nitrogens with zero attached hydrogens (tertiary/aromatic N) is 1. The van der Waals surface area contributed by atoms with Gasteiger partial charge in [-0.3, -0.25) is 14.9 Å². The van der Waals surface area contributed by atoms with Gasteiger partial charge in [0.15, 0.2) is 11.5 Å². The Morgan fingerprint density at radius 1 is 1.22 bits per heavy atom. The van der Waals surface area contributed by atoms with E-state index in [4.69, 9.17) is 9.47 Å². The van der Waals surface area contributed by atoms with Crippen LogP contribution in [-0.2, 0) is 10.5 Å². The number of anilines is 1.